The first-order chi connectivity index (χ1) is 11.0. The molecule has 1 aliphatic rings. The molecule has 1 aromatic rings. The van der Waals surface area contributed by atoms with Crippen LogP contribution in [-0.4, -0.2) is 12.4 Å². The van der Waals surface area contributed by atoms with Crippen LogP contribution in [-0.2, 0) is 0 Å². The fourth-order valence-electron chi connectivity index (χ4n) is 2.97. The van der Waals surface area contributed by atoms with Crippen LogP contribution in [0.2, 0.25) is 5.02 Å². The van der Waals surface area contributed by atoms with E-state index < -0.39 is 0 Å². The average Bonchev–Trinajstić information content (AvgIpc) is 2.55. The molecule has 3 unspecified atom stereocenters. The number of hydrogen-bond donors (Lipinski definition) is 1. The first-order valence-electron chi connectivity index (χ1n) is 8.19. The third-order valence-corrected chi connectivity index (χ3v) is 4.63. The molecule has 0 saturated heterocycles. The maximum atomic E-state index is 9.39. The Morgan fingerprint density at radius 2 is 2.04 bits per heavy atom. The number of amidine groups is 1. The molecule has 0 radical (unpaired) electrons. The normalized spacial score (nSPS) is 25.9. The van der Waals surface area contributed by atoms with Crippen LogP contribution in [0.1, 0.15) is 38.7 Å². The number of rotatable bonds is 2. The average molecular weight is 330 g/mol. The molecule has 4 heteroatoms. The summed E-state index contributed by atoms with van der Waals surface area (Å²) in [4.78, 5) is 4.75. The monoisotopic (exact) mass is 329 g/mol. The molecule has 0 fully saturated rings. The van der Waals surface area contributed by atoms with Crippen molar-refractivity contribution in [2.45, 2.75) is 33.1 Å². The van der Waals surface area contributed by atoms with Crippen LogP contribution in [0.3, 0.4) is 0 Å². The van der Waals surface area contributed by atoms with Crippen molar-refractivity contribution in [2.24, 2.45) is 22.7 Å². The molecule has 1 N–H and O–H groups in total. The summed E-state index contributed by atoms with van der Waals surface area (Å²) in [7, 11) is 0. The molecule has 0 spiro atoms. The van der Waals surface area contributed by atoms with Gasteiger partial charge in [-0.3, -0.25) is 4.99 Å². The fraction of sp³-hybridized carbons (Fsp3) is 0.474. The Hall–Kier alpha value is -1.79. The lowest BCUT2D eigenvalue weighted by atomic mass is 9.85. The van der Waals surface area contributed by atoms with Crippen molar-refractivity contribution < 1.29 is 0 Å². The number of nitrogens with one attached hydrogen (secondary N) is 1. The van der Waals surface area contributed by atoms with Crippen molar-refractivity contribution in [2.75, 3.05) is 6.54 Å². The van der Waals surface area contributed by atoms with Gasteiger partial charge in [-0.05, 0) is 55.4 Å². The molecule has 1 heterocycles. The maximum Gasteiger partial charge on any atom is 0.132 e. The molecule has 122 valence electrons. The van der Waals surface area contributed by atoms with Crippen molar-refractivity contribution in [1.29, 1.82) is 5.26 Å². The highest BCUT2D eigenvalue weighted by atomic mass is 35.5. The minimum atomic E-state index is 0.0702. The number of hydrogen-bond acceptors (Lipinski definition) is 3. The quantitative estimate of drug-likeness (QED) is 0.848. The van der Waals surface area contributed by atoms with E-state index in [9.17, 15) is 5.26 Å². The third-order valence-electron chi connectivity index (χ3n) is 4.38. The maximum absolute atomic E-state index is 9.39. The van der Waals surface area contributed by atoms with Crippen LogP contribution in [0.25, 0.3) is 0 Å². The largest absolute Gasteiger partial charge is 0.344 e. The van der Waals surface area contributed by atoms with Gasteiger partial charge in [-0.1, -0.05) is 32.0 Å². The van der Waals surface area contributed by atoms with Crippen LogP contribution < -0.4 is 5.32 Å². The molecule has 0 bridgehead atoms. The summed E-state index contributed by atoms with van der Waals surface area (Å²) >= 11 is 5.98. The van der Waals surface area contributed by atoms with Gasteiger partial charge in [-0.2, -0.15) is 5.26 Å². The highest BCUT2D eigenvalue weighted by Gasteiger charge is 2.22. The number of allylic oxidation sites excluding steroid dienone is 1. The summed E-state index contributed by atoms with van der Waals surface area (Å²) in [6.07, 6.45) is 2.71. The Kier molecular flexibility index (Phi) is 6.24. The van der Waals surface area contributed by atoms with E-state index in [0.717, 1.165) is 36.4 Å². The standard InChI is InChI=1S/C19H24ClN3/c1-4-16-10-15(11-21)9-13(2)12-22-19(23-14(16)3)17-5-7-18(20)8-6-17/h5-8,13,15-16H,3-4,9-10,12H2,1-2H3,(H,22,23). The molecule has 0 amide bonds. The second-order valence-electron chi connectivity index (χ2n) is 6.35. The fourth-order valence-corrected chi connectivity index (χ4v) is 3.10. The first-order valence-corrected chi connectivity index (χ1v) is 8.57. The number of benzene rings is 1. The van der Waals surface area contributed by atoms with Crippen LogP contribution in [0.15, 0.2) is 41.5 Å². The highest BCUT2D eigenvalue weighted by molar-refractivity contribution is 6.30. The van der Waals surface area contributed by atoms with E-state index in [4.69, 9.17) is 16.6 Å². The van der Waals surface area contributed by atoms with Crippen molar-refractivity contribution >= 4 is 17.4 Å². The van der Waals surface area contributed by atoms with Crippen molar-refractivity contribution in [3.8, 4) is 6.07 Å². The second kappa shape index (κ2) is 8.17. The number of aliphatic imine (C=N–C) groups is 1. The molecule has 1 aromatic carbocycles. The van der Waals surface area contributed by atoms with E-state index >= 15 is 0 Å². The Bertz CT molecular complexity index is 612. The van der Waals surface area contributed by atoms with E-state index in [0.29, 0.717) is 17.5 Å². The molecule has 3 atom stereocenters. The van der Waals surface area contributed by atoms with Gasteiger partial charge >= 0.3 is 0 Å². The predicted molar refractivity (Wildman–Crippen MR) is 96.4 cm³/mol. The Morgan fingerprint density at radius 3 is 2.65 bits per heavy atom. The zero-order chi connectivity index (χ0) is 16.8. The third kappa shape index (κ3) is 4.84. The van der Waals surface area contributed by atoms with Gasteiger partial charge in [0, 0.05) is 28.7 Å². The molecule has 1 aliphatic heterocycles. The number of nitriles is 1. The minimum absolute atomic E-state index is 0.0702. The van der Waals surface area contributed by atoms with E-state index in [1.54, 1.807) is 0 Å². The molecule has 3 nitrogen and oxygen atoms in total. The summed E-state index contributed by atoms with van der Waals surface area (Å²) in [6.45, 7) is 9.19. The molecule has 2 rings (SSSR count). The summed E-state index contributed by atoms with van der Waals surface area (Å²) in [5.41, 5.74) is 1.95. The van der Waals surface area contributed by atoms with Crippen LogP contribution in [0.5, 0.6) is 0 Å². The van der Waals surface area contributed by atoms with Crippen LogP contribution in [0.4, 0.5) is 0 Å². The van der Waals surface area contributed by atoms with Gasteiger partial charge in [0.2, 0.25) is 0 Å². The summed E-state index contributed by atoms with van der Waals surface area (Å²) < 4.78 is 0. The van der Waals surface area contributed by atoms with Crippen LogP contribution >= 0.6 is 11.6 Å². The topological polar surface area (TPSA) is 48.2 Å². The Labute approximate surface area is 144 Å². The lowest BCUT2D eigenvalue weighted by molar-refractivity contribution is 0.379. The Balaban J connectivity index is 2.30. The predicted octanol–water partition coefficient (Wildman–Crippen LogP) is 4.79. The highest BCUT2D eigenvalue weighted by Crippen LogP contribution is 2.27. The van der Waals surface area contributed by atoms with Gasteiger partial charge < -0.3 is 5.32 Å². The lowest BCUT2D eigenvalue weighted by Gasteiger charge is -2.26. The van der Waals surface area contributed by atoms with Crippen molar-refractivity contribution in [3.63, 3.8) is 0 Å². The number of halogens is 1. The molecule has 0 aromatic heterocycles. The molecular weight excluding hydrogens is 306 g/mol. The number of nitrogens with zero attached hydrogens (tertiary/aromatic N) is 2. The van der Waals surface area contributed by atoms with E-state index in [1.165, 1.54) is 0 Å². The van der Waals surface area contributed by atoms with Gasteiger partial charge in [0.05, 0.1) is 6.07 Å². The first kappa shape index (κ1) is 17.6. The lowest BCUT2D eigenvalue weighted by Crippen LogP contribution is -2.30. The van der Waals surface area contributed by atoms with E-state index in [1.807, 2.05) is 24.3 Å². The smallest absolute Gasteiger partial charge is 0.132 e. The molecule has 23 heavy (non-hydrogen) atoms. The zero-order valence-electron chi connectivity index (χ0n) is 13.8. The second-order valence-corrected chi connectivity index (χ2v) is 6.79. The Morgan fingerprint density at radius 1 is 1.35 bits per heavy atom. The van der Waals surface area contributed by atoms with Crippen molar-refractivity contribution in [1.82, 2.24) is 5.32 Å². The van der Waals surface area contributed by atoms with Crippen LogP contribution in [0, 0.1) is 29.1 Å². The summed E-state index contributed by atoms with van der Waals surface area (Å²) in [5.74, 6) is 1.57. The summed E-state index contributed by atoms with van der Waals surface area (Å²) in [5, 5.41) is 13.5. The molecule has 0 saturated carbocycles. The minimum Gasteiger partial charge on any atom is -0.344 e. The van der Waals surface area contributed by atoms with E-state index in [2.05, 4.69) is 31.8 Å². The van der Waals surface area contributed by atoms with Gasteiger partial charge in [0.1, 0.15) is 5.84 Å². The van der Waals surface area contributed by atoms with Crippen molar-refractivity contribution in [3.05, 3.63) is 47.1 Å². The SMILES string of the molecule is C=C1NC(c2ccc(Cl)cc2)=NCC(C)CC(C#N)CC1CC. The van der Waals surface area contributed by atoms with Gasteiger partial charge in [-0.25, -0.2) is 0 Å². The van der Waals surface area contributed by atoms with E-state index in [-0.39, 0.29) is 11.8 Å². The van der Waals surface area contributed by atoms with Gasteiger partial charge in [-0.15, -0.1) is 0 Å². The molecule has 0 aliphatic carbocycles. The van der Waals surface area contributed by atoms with Gasteiger partial charge in [0.25, 0.3) is 0 Å². The van der Waals surface area contributed by atoms with Gasteiger partial charge in [0.15, 0.2) is 0 Å². The zero-order valence-corrected chi connectivity index (χ0v) is 14.6. The molecular formula is C19H24ClN3. The summed E-state index contributed by atoms with van der Waals surface area (Å²) in [6, 6.07) is 10.1.